The van der Waals surface area contributed by atoms with Gasteiger partial charge in [0.15, 0.2) is 11.1 Å². The molecule has 0 saturated carbocycles. The molecule has 11 heteroatoms. The summed E-state index contributed by atoms with van der Waals surface area (Å²) in [5.41, 5.74) is 7.63. The van der Waals surface area contributed by atoms with Crippen LogP contribution in [0.4, 0.5) is 10.8 Å². The number of nitrogens with two attached hydrogens (primary N) is 1. The van der Waals surface area contributed by atoms with Gasteiger partial charge in [-0.05, 0) is 30.5 Å². The van der Waals surface area contributed by atoms with Gasteiger partial charge in [0.05, 0.1) is 5.69 Å². The molecule has 0 saturated heterocycles. The molecule has 0 fully saturated rings. The molecule has 166 valence electrons. The van der Waals surface area contributed by atoms with E-state index in [0.717, 1.165) is 16.9 Å². The van der Waals surface area contributed by atoms with E-state index in [1.54, 1.807) is 14.1 Å². The molecule has 0 aliphatic carbocycles. The van der Waals surface area contributed by atoms with Gasteiger partial charge in [-0.2, -0.15) is 0 Å². The molecule has 0 atom stereocenters. The first-order valence-electron chi connectivity index (χ1n) is 9.61. The van der Waals surface area contributed by atoms with Crippen molar-refractivity contribution in [3.63, 3.8) is 0 Å². The number of carbonyl (C=O) groups is 3. The van der Waals surface area contributed by atoms with Crippen molar-refractivity contribution in [3.05, 3.63) is 40.4 Å². The van der Waals surface area contributed by atoms with E-state index < -0.39 is 0 Å². The average Bonchev–Trinajstić information content (AvgIpc) is 3.08. The summed E-state index contributed by atoms with van der Waals surface area (Å²) in [6.07, 6.45) is 1.32. The van der Waals surface area contributed by atoms with E-state index in [-0.39, 0.29) is 36.6 Å². The number of anilines is 2. The number of nitrogens with one attached hydrogen (secondary N) is 4. The number of aromatic nitrogens is 1. The molecule has 0 radical (unpaired) electrons. The SMILES string of the molecule is CC(=O)Nc1nc(CCc2ccc(NC(=N)N)cc2)c(C(=O)NCCC(=O)N(C)C)s1. The maximum Gasteiger partial charge on any atom is 0.263 e. The zero-order valence-electron chi connectivity index (χ0n) is 17.7. The second kappa shape index (κ2) is 11.1. The summed E-state index contributed by atoms with van der Waals surface area (Å²) >= 11 is 1.11. The first kappa shape index (κ1) is 23.8. The monoisotopic (exact) mass is 445 g/mol. The first-order valence-corrected chi connectivity index (χ1v) is 10.4. The van der Waals surface area contributed by atoms with Crippen molar-refractivity contribution in [2.75, 3.05) is 31.3 Å². The second-order valence-electron chi connectivity index (χ2n) is 7.01. The van der Waals surface area contributed by atoms with Gasteiger partial charge in [0.1, 0.15) is 4.88 Å². The Labute approximate surface area is 184 Å². The average molecular weight is 446 g/mol. The van der Waals surface area contributed by atoms with Crippen LogP contribution in [0.2, 0.25) is 0 Å². The van der Waals surface area contributed by atoms with E-state index in [2.05, 4.69) is 20.9 Å². The molecule has 0 aliphatic rings. The second-order valence-corrected chi connectivity index (χ2v) is 8.00. The van der Waals surface area contributed by atoms with Crippen LogP contribution in [0.25, 0.3) is 0 Å². The third-order valence-corrected chi connectivity index (χ3v) is 5.21. The normalized spacial score (nSPS) is 10.3. The molecule has 0 aliphatic heterocycles. The molecule has 0 spiro atoms. The fourth-order valence-corrected chi connectivity index (χ4v) is 3.64. The zero-order chi connectivity index (χ0) is 23.0. The van der Waals surface area contributed by atoms with Crippen molar-refractivity contribution in [3.8, 4) is 0 Å². The van der Waals surface area contributed by atoms with Crippen molar-refractivity contribution in [1.29, 1.82) is 5.41 Å². The topological polar surface area (TPSA) is 153 Å². The molecule has 31 heavy (non-hydrogen) atoms. The van der Waals surface area contributed by atoms with Crippen molar-refractivity contribution in [2.45, 2.75) is 26.2 Å². The fourth-order valence-electron chi connectivity index (χ4n) is 2.66. The summed E-state index contributed by atoms with van der Waals surface area (Å²) < 4.78 is 0. The van der Waals surface area contributed by atoms with E-state index >= 15 is 0 Å². The molecule has 2 aromatic rings. The minimum Gasteiger partial charge on any atom is -0.370 e. The van der Waals surface area contributed by atoms with Gasteiger partial charge in [-0.3, -0.25) is 19.8 Å². The van der Waals surface area contributed by atoms with Crippen LogP contribution in [0, 0.1) is 5.41 Å². The Morgan fingerprint density at radius 1 is 1.13 bits per heavy atom. The van der Waals surface area contributed by atoms with Crippen molar-refractivity contribution < 1.29 is 14.4 Å². The number of aryl methyl sites for hydroxylation is 2. The number of hydrogen-bond acceptors (Lipinski definition) is 6. The van der Waals surface area contributed by atoms with Crippen LogP contribution in [-0.2, 0) is 22.4 Å². The lowest BCUT2D eigenvalue weighted by molar-refractivity contribution is -0.128. The maximum absolute atomic E-state index is 12.7. The number of benzene rings is 1. The van der Waals surface area contributed by atoms with Crippen molar-refractivity contribution in [1.82, 2.24) is 15.2 Å². The molecule has 1 aromatic heterocycles. The first-order chi connectivity index (χ1) is 14.7. The van der Waals surface area contributed by atoms with E-state index in [4.69, 9.17) is 11.1 Å². The molecular weight excluding hydrogens is 418 g/mol. The van der Waals surface area contributed by atoms with Crippen LogP contribution in [0.5, 0.6) is 0 Å². The highest BCUT2D eigenvalue weighted by atomic mass is 32.1. The Balaban J connectivity index is 2.07. The lowest BCUT2D eigenvalue weighted by Crippen LogP contribution is -2.30. The van der Waals surface area contributed by atoms with Crippen LogP contribution in [-0.4, -0.2) is 54.2 Å². The summed E-state index contributed by atoms with van der Waals surface area (Å²) in [5.74, 6) is -0.802. The van der Waals surface area contributed by atoms with Gasteiger partial charge < -0.3 is 26.6 Å². The molecule has 2 rings (SSSR count). The van der Waals surface area contributed by atoms with Crippen molar-refractivity contribution in [2.24, 2.45) is 5.73 Å². The van der Waals surface area contributed by atoms with Gasteiger partial charge in [0.2, 0.25) is 11.8 Å². The summed E-state index contributed by atoms with van der Waals surface area (Å²) in [4.78, 5) is 42.0. The predicted molar refractivity (Wildman–Crippen MR) is 121 cm³/mol. The lowest BCUT2D eigenvalue weighted by Gasteiger charge is -2.10. The third-order valence-electron chi connectivity index (χ3n) is 4.19. The molecule has 3 amide bonds. The van der Waals surface area contributed by atoms with Gasteiger partial charge in [0, 0.05) is 39.7 Å². The Hall–Kier alpha value is -3.47. The van der Waals surface area contributed by atoms with E-state index in [0.29, 0.717) is 34.2 Å². The highest BCUT2D eigenvalue weighted by Crippen LogP contribution is 2.25. The summed E-state index contributed by atoms with van der Waals surface area (Å²) in [5, 5.41) is 15.7. The largest absolute Gasteiger partial charge is 0.370 e. The lowest BCUT2D eigenvalue weighted by atomic mass is 10.1. The number of thiazole rings is 1. The van der Waals surface area contributed by atoms with Gasteiger partial charge in [0.25, 0.3) is 5.91 Å². The number of carbonyl (C=O) groups excluding carboxylic acids is 3. The molecule has 0 unspecified atom stereocenters. The summed E-state index contributed by atoms with van der Waals surface area (Å²) in [6, 6.07) is 7.43. The molecule has 1 aromatic carbocycles. The predicted octanol–water partition coefficient (Wildman–Crippen LogP) is 1.40. The smallest absolute Gasteiger partial charge is 0.263 e. The zero-order valence-corrected chi connectivity index (χ0v) is 18.6. The Morgan fingerprint density at radius 2 is 1.81 bits per heavy atom. The van der Waals surface area contributed by atoms with Gasteiger partial charge in [-0.25, -0.2) is 4.98 Å². The van der Waals surface area contributed by atoms with Gasteiger partial charge >= 0.3 is 0 Å². The van der Waals surface area contributed by atoms with Crippen LogP contribution in [0.15, 0.2) is 24.3 Å². The number of hydrogen-bond donors (Lipinski definition) is 5. The highest BCUT2D eigenvalue weighted by molar-refractivity contribution is 7.17. The Morgan fingerprint density at radius 3 is 2.39 bits per heavy atom. The van der Waals surface area contributed by atoms with Crippen molar-refractivity contribution >= 4 is 45.8 Å². The van der Waals surface area contributed by atoms with E-state index in [1.165, 1.54) is 11.8 Å². The minimum absolute atomic E-state index is 0.0773. The van der Waals surface area contributed by atoms with Crippen LogP contribution >= 0.6 is 11.3 Å². The molecule has 1 heterocycles. The Kier molecular flexibility index (Phi) is 8.50. The highest BCUT2D eigenvalue weighted by Gasteiger charge is 2.19. The Bertz CT molecular complexity index is 954. The maximum atomic E-state index is 12.7. The van der Waals surface area contributed by atoms with Crippen LogP contribution in [0.3, 0.4) is 0 Å². The fraction of sp³-hybridized carbons (Fsp3) is 0.350. The van der Waals surface area contributed by atoms with Gasteiger partial charge in [-0.1, -0.05) is 23.5 Å². The molecule has 10 nitrogen and oxygen atoms in total. The van der Waals surface area contributed by atoms with E-state index in [1.807, 2.05) is 24.3 Å². The van der Waals surface area contributed by atoms with E-state index in [9.17, 15) is 14.4 Å². The standard InChI is InChI=1S/C20H27N7O3S/c1-12(28)24-20-26-15(9-6-13-4-7-14(8-5-13)25-19(21)22)17(31-20)18(30)23-11-10-16(29)27(2)3/h4-5,7-8H,6,9-11H2,1-3H3,(H,23,30)(H4,21,22,25)(H,24,26,28). The van der Waals surface area contributed by atoms with Crippen LogP contribution in [0.1, 0.15) is 34.3 Å². The number of rotatable bonds is 9. The minimum atomic E-state index is -0.323. The number of guanidine groups is 1. The summed E-state index contributed by atoms with van der Waals surface area (Å²) in [6.45, 7) is 1.59. The summed E-state index contributed by atoms with van der Waals surface area (Å²) in [7, 11) is 3.32. The molecule has 6 N–H and O–H groups in total. The third kappa shape index (κ3) is 7.70. The number of nitrogens with zero attached hydrogens (tertiary/aromatic N) is 2. The molecular formula is C20H27N7O3S. The quantitative estimate of drug-likeness (QED) is 0.290. The molecule has 0 bridgehead atoms. The number of amides is 3. The van der Waals surface area contributed by atoms with Crippen LogP contribution < -0.4 is 21.7 Å². The van der Waals surface area contributed by atoms with Gasteiger partial charge in [-0.15, -0.1) is 0 Å².